The number of para-hydroxylation sites is 2. The second-order valence-electron chi connectivity index (χ2n) is 15.4. The van der Waals surface area contributed by atoms with Crippen molar-refractivity contribution < 1.29 is 8.98 Å². The van der Waals surface area contributed by atoms with E-state index in [2.05, 4.69) is 159 Å². The van der Waals surface area contributed by atoms with Gasteiger partial charge < -0.3 is 8.98 Å². The van der Waals surface area contributed by atoms with Gasteiger partial charge in [-0.05, 0) is 64.1 Å². The van der Waals surface area contributed by atoms with Gasteiger partial charge in [-0.3, -0.25) is 0 Å². The van der Waals surface area contributed by atoms with Crippen molar-refractivity contribution in [2.75, 3.05) is 0 Å². The van der Waals surface area contributed by atoms with Gasteiger partial charge in [-0.1, -0.05) is 177 Å². The van der Waals surface area contributed by atoms with Gasteiger partial charge in [-0.2, -0.15) is 0 Å². The molecule has 1 aliphatic carbocycles. The van der Waals surface area contributed by atoms with E-state index in [1.807, 2.05) is 42.5 Å². The number of furan rings is 1. The highest BCUT2D eigenvalue weighted by atomic mass is 31.2. The Bertz CT molecular complexity index is 3340. The van der Waals surface area contributed by atoms with Gasteiger partial charge in [0.25, 0.3) is 0 Å². The second-order valence-corrected chi connectivity index (χ2v) is 18.1. The first-order valence-corrected chi connectivity index (χ1v) is 21.7. The molecule has 276 valence electrons. The molecule has 4 heteroatoms. The SMILES string of the molecule is CC1C=C(P(=O)(c2ccccc2)c2ccc(-c3ccc(-c4c5c(cc6c(-c7ccccc7)nc7ccccc7c46)oc4ccccc45)cc3)c3ccccc23)C=CC1. The summed E-state index contributed by atoms with van der Waals surface area (Å²) in [4.78, 5) is 5.26. The molecule has 0 bridgehead atoms. The highest BCUT2D eigenvalue weighted by molar-refractivity contribution is 7.83. The fraction of sp³-hybridized carbons (Fsp3) is 0.0556. The molecule has 3 nitrogen and oxygen atoms in total. The molecular weight excluding hydrogens is 726 g/mol. The minimum atomic E-state index is -3.19. The van der Waals surface area contributed by atoms with Crippen molar-refractivity contribution in [3.63, 3.8) is 0 Å². The summed E-state index contributed by atoms with van der Waals surface area (Å²) in [5.41, 5.74) is 9.07. The number of fused-ring (bicyclic) bond motifs is 7. The minimum Gasteiger partial charge on any atom is -0.456 e. The maximum absolute atomic E-state index is 15.7. The number of nitrogens with zero attached hydrogens (tertiary/aromatic N) is 1. The molecule has 2 aromatic heterocycles. The van der Waals surface area contributed by atoms with Crippen LogP contribution in [0.5, 0.6) is 0 Å². The van der Waals surface area contributed by atoms with E-state index in [9.17, 15) is 0 Å². The number of rotatable bonds is 6. The third-order valence-electron chi connectivity index (χ3n) is 11.8. The van der Waals surface area contributed by atoms with E-state index >= 15 is 4.57 Å². The predicted molar refractivity (Wildman–Crippen MR) is 245 cm³/mol. The van der Waals surface area contributed by atoms with Crippen molar-refractivity contribution in [3.05, 3.63) is 199 Å². The molecule has 0 fully saturated rings. The van der Waals surface area contributed by atoms with Crippen LogP contribution in [0.2, 0.25) is 0 Å². The van der Waals surface area contributed by atoms with Gasteiger partial charge in [0.2, 0.25) is 0 Å². The van der Waals surface area contributed by atoms with Crippen molar-refractivity contribution in [1.29, 1.82) is 0 Å². The standard InChI is InChI=1S/C54H38NO2P/c1-35-15-14-20-40(33-35)58(56,39-18-6-3-7-19-39)50-32-31-41(42-21-8-9-22-43(42)50)36-27-29-37(30-28-36)51-52-44-23-10-12-25-47(44)55-54(38-16-4-2-5-17-38)46(52)34-49-53(51)45-24-11-13-26-48(45)57-49/h2-14,16-35H,15H2,1H3. The molecule has 0 saturated carbocycles. The van der Waals surface area contributed by atoms with Crippen LogP contribution >= 0.6 is 7.14 Å². The summed E-state index contributed by atoms with van der Waals surface area (Å²) in [7, 11) is -3.19. The molecule has 0 saturated heterocycles. The molecule has 2 atom stereocenters. The van der Waals surface area contributed by atoms with Crippen molar-refractivity contribution in [2.45, 2.75) is 13.3 Å². The molecule has 0 radical (unpaired) electrons. The molecule has 1 aliphatic rings. The van der Waals surface area contributed by atoms with E-state index in [-0.39, 0.29) is 0 Å². The topological polar surface area (TPSA) is 43.1 Å². The molecule has 11 rings (SSSR count). The maximum Gasteiger partial charge on any atom is 0.171 e. The van der Waals surface area contributed by atoms with Crippen LogP contribution in [0.25, 0.3) is 87.9 Å². The number of allylic oxidation sites excluding steroid dienone is 4. The third kappa shape index (κ3) is 5.42. The summed E-state index contributed by atoms with van der Waals surface area (Å²) in [5, 5.41) is 10.2. The van der Waals surface area contributed by atoms with Crippen LogP contribution in [0.1, 0.15) is 13.3 Å². The zero-order valence-corrected chi connectivity index (χ0v) is 32.9. The molecule has 0 spiro atoms. The summed E-state index contributed by atoms with van der Waals surface area (Å²) in [5.74, 6) is 0.322. The Hall–Kier alpha value is -6.80. The van der Waals surface area contributed by atoms with Gasteiger partial charge in [0.05, 0.1) is 11.2 Å². The second kappa shape index (κ2) is 13.7. The summed E-state index contributed by atoms with van der Waals surface area (Å²) < 4.78 is 22.4. The van der Waals surface area contributed by atoms with Gasteiger partial charge in [0.1, 0.15) is 11.2 Å². The van der Waals surface area contributed by atoms with E-state index in [4.69, 9.17) is 9.40 Å². The van der Waals surface area contributed by atoms with Gasteiger partial charge in [0, 0.05) is 54.0 Å². The number of pyridine rings is 1. The smallest absolute Gasteiger partial charge is 0.171 e. The minimum absolute atomic E-state index is 0.322. The molecule has 0 amide bonds. The maximum atomic E-state index is 15.7. The van der Waals surface area contributed by atoms with Crippen LogP contribution in [0.4, 0.5) is 0 Å². The lowest BCUT2D eigenvalue weighted by Crippen LogP contribution is -2.19. The zero-order chi connectivity index (χ0) is 38.8. The van der Waals surface area contributed by atoms with E-state index < -0.39 is 7.14 Å². The van der Waals surface area contributed by atoms with Crippen molar-refractivity contribution in [1.82, 2.24) is 4.98 Å². The Morgan fingerprint density at radius 2 is 1.22 bits per heavy atom. The lowest BCUT2D eigenvalue weighted by Gasteiger charge is -2.26. The van der Waals surface area contributed by atoms with Gasteiger partial charge >= 0.3 is 0 Å². The normalized spacial score (nSPS) is 15.3. The van der Waals surface area contributed by atoms with Crippen molar-refractivity contribution in [2.24, 2.45) is 5.92 Å². The first-order chi connectivity index (χ1) is 28.6. The highest BCUT2D eigenvalue weighted by Gasteiger charge is 2.34. The Morgan fingerprint density at radius 3 is 2.00 bits per heavy atom. The van der Waals surface area contributed by atoms with Crippen LogP contribution in [0.3, 0.4) is 0 Å². The fourth-order valence-electron chi connectivity index (χ4n) is 9.14. The summed E-state index contributed by atoms with van der Waals surface area (Å²) >= 11 is 0. The molecule has 8 aromatic carbocycles. The lowest BCUT2D eigenvalue weighted by atomic mass is 9.88. The lowest BCUT2D eigenvalue weighted by molar-refractivity contribution is 0.590. The molecule has 0 N–H and O–H groups in total. The molecular formula is C54H38NO2P. The van der Waals surface area contributed by atoms with E-state index in [1.54, 1.807) is 0 Å². The summed E-state index contributed by atoms with van der Waals surface area (Å²) in [6.07, 6.45) is 7.43. The third-order valence-corrected chi connectivity index (χ3v) is 15.0. The average Bonchev–Trinajstić information content (AvgIpc) is 3.66. The van der Waals surface area contributed by atoms with Crippen LogP contribution in [-0.2, 0) is 4.57 Å². The van der Waals surface area contributed by atoms with Crippen LogP contribution in [-0.4, -0.2) is 4.98 Å². The number of aromatic nitrogens is 1. The Morgan fingerprint density at radius 1 is 0.569 bits per heavy atom. The van der Waals surface area contributed by atoms with Crippen molar-refractivity contribution >= 4 is 72.1 Å². The molecule has 58 heavy (non-hydrogen) atoms. The van der Waals surface area contributed by atoms with Gasteiger partial charge in [-0.15, -0.1) is 0 Å². The highest BCUT2D eigenvalue weighted by Crippen LogP contribution is 2.55. The van der Waals surface area contributed by atoms with Crippen LogP contribution < -0.4 is 10.6 Å². The Kier molecular flexibility index (Phi) is 8.13. The molecule has 10 aromatic rings. The zero-order valence-electron chi connectivity index (χ0n) is 32.0. The monoisotopic (exact) mass is 763 g/mol. The van der Waals surface area contributed by atoms with E-state index in [0.29, 0.717) is 5.92 Å². The largest absolute Gasteiger partial charge is 0.456 e. The van der Waals surface area contributed by atoms with E-state index in [0.717, 1.165) is 110 Å². The van der Waals surface area contributed by atoms with Gasteiger partial charge in [0.15, 0.2) is 7.14 Å². The Balaban J connectivity index is 1.13. The first-order valence-electron chi connectivity index (χ1n) is 20.0. The number of hydrogen-bond donors (Lipinski definition) is 0. The van der Waals surface area contributed by atoms with Crippen LogP contribution in [0, 0.1) is 5.92 Å². The van der Waals surface area contributed by atoms with E-state index in [1.165, 1.54) is 0 Å². The van der Waals surface area contributed by atoms with Crippen LogP contribution in [0.15, 0.2) is 204 Å². The number of hydrogen-bond acceptors (Lipinski definition) is 3. The average molecular weight is 764 g/mol. The quantitative estimate of drug-likeness (QED) is 0.125. The summed E-state index contributed by atoms with van der Waals surface area (Å²) in [6, 6.07) is 61.1. The molecule has 2 heterocycles. The first kappa shape index (κ1) is 34.4. The predicted octanol–water partition coefficient (Wildman–Crippen LogP) is 14.2. The number of benzene rings is 8. The molecule has 2 unspecified atom stereocenters. The van der Waals surface area contributed by atoms with Crippen molar-refractivity contribution in [3.8, 4) is 33.5 Å². The summed E-state index contributed by atoms with van der Waals surface area (Å²) in [6.45, 7) is 2.20. The van der Waals surface area contributed by atoms with Gasteiger partial charge in [-0.25, -0.2) is 4.98 Å². The fourth-order valence-corrected chi connectivity index (χ4v) is 12.2. The molecule has 0 aliphatic heterocycles. The Labute approximate surface area is 337 Å².